The molecule has 4 rings (SSSR count). The Morgan fingerprint density at radius 3 is 2.50 bits per heavy atom. The van der Waals surface area contributed by atoms with Crippen LogP contribution in [0, 0.1) is 5.92 Å². The summed E-state index contributed by atoms with van der Waals surface area (Å²) in [7, 11) is 0. The maximum atomic E-state index is 13.2. The number of nitrogens with zero attached hydrogens (tertiary/aromatic N) is 2. The maximum Gasteiger partial charge on any atom is 0.250 e. The molecule has 5 atom stereocenters. The van der Waals surface area contributed by atoms with E-state index in [4.69, 9.17) is 9.47 Å². The normalized spacial score (nSPS) is 26.1. The lowest BCUT2D eigenvalue weighted by atomic mass is 9.96. The molecular formula is C29H41N3O4. The van der Waals surface area contributed by atoms with E-state index in [2.05, 4.69) is 24.1 Å². The molecular weight excluding hydrogens is 454 g/mol. The molecule has 0 spiro atoms. The zero-order valence-electron chi connectivity index (χ0n) is 22.5. The predicted octanol–water partition coefficient (Wildman–Crippen LogP) is 4.00. The molecule has 1 aromatic rings. The van der Waals surface area contributed by atoms with Crippen molar-refractivity contribution in [2.45, 2.75) is 90.8 Å². The predicted molar refractivity (Wildman–Crippen MR) is 140 cm³/mol. The van der Waals surface area contributed by atoms with Crippen LogP contribution in [-0.2, 0) is 25.7 Å². The van der Waals surface area contributed by atoms with E-state index in [-0.39, 0.29) is 47.6 Å². The molecule has 3 aliphatic rings. The third kappa shape index (κ3) is 5.77. The van der Waals surface area contributed by atoms with Gasteiger partial charge >= 0.3 is 0 Å². The molecule has 3 heterocycles. The van der Waals surface area contributed by atoms with Gasteiger partial charge in [0.2, 0.25) is 5.91 Å². The number of carbonyl (C=O) groups excluding carboxylic acids is 2. The first-order valence-corrected chi connectivity index (χ1v) is 13.2. The van der Waals surface area contributed by atoms with Crippen molar-refractivity contribution in [3.05, 3.63) is 59.5 Å². The van der Waals surface area contributed by atoms with Gasteiger partial charge in [0.15, 0.2) is 0 Å². The molecule has 0 aromatic heterocycles. The molecule has 36 heavy (non-hydrogen) atoms. The zero-order chi connectivity index (χ0) is 26.0. The molecule has 3 aliphatic heterocycles. The number of hydrogen-bond donors (Lipinski definition) is 1. The SMILES string of the molecule is CC[C@H](C)[C@H]1C(OC(C)(C)C)=CC(=O)N1[C@H]1CCN(C2=CC(=O)N[C@H]2[C@@H](C)OCc2ccccc2)C1. The van der Waals surface area contributed by atoms with Gasteiger partial charge in [-0.25, -0.2) is 0 Å². The second-order valence-corrected chi connectivity index (χ2v) is 11.3. The first-order chi connectivity index (χ1) is 17.1. The van der Waals surface area contributed by atoms with Gasteiger partial charge in [0.05, 0.1) is 30.8 Å². The number of amides is 2. The summed E-state index contributed by atoms with van der Waals surface area (Å²) in [6.07, 6.45) is 5.01. The molecule has 1 saturated heterocycles. The first-order valence-electron chi connectivity index (χ1n) is 13.2. The fraction of sp³-hybridized carbons (Fsp3) is 0.586. The minimum absolute atomic E-state index is 0.0251. The van der Waals surface area contributed by atoms with Crippen LogP contribution in [0.3, 0.4) is 0 Å². The highest BCUT2D eigenvalue weighted by Crippen LogP contribution is 2.36. The van der Waals surface area contributed by atoms with Crippen molar-refractivity contribution in [3.63, 3.8) is 0 Å². The Balaban J connectivity index is 1.45. The summed E-state index contributed by atoms with van der Waals surface area (Å²) in [5.74, 6) is 0.994. The molecule has 1 N–H and O–H groups in total. The standard InChI is InChI=1S/C29H41N3O4/c1-7-19(2)28-24(36-29(4,5)6)16-26(34)32(28)22-13-14-31(17-22)23-15-25(33)30-27(23)20(3)35-18-21-11-9-8-10-12-21/h8-12,15-16,19-20,22,27-28H,7,13-14,17-18H2,1-6H3,(H,30,33)/t19-,20+,22-,27-,28-/m0/s1. The Bertz CT molecular complexity index is 1010. The van der Waals surface area contributed by atoms with Crippen LogP contribution >= 0.6 is 0 Å². The summed E-state index contributed by atoms with van der Waals surface area (Å²) in [6, 6.07) is 9.84. The molecule has 2 amide bonds. The van der Waals surface area contributed by atoms with Gasteiger partial charge in [0.1, 0.15) is 11.4 Å². The lowest BCUT2D eigenvalue weighted by Gasteiger charge is -2.37. The molecule has 7 heteroatoms. The van der Waals surface area contributed by atoms with Crippen LogP contribution < -0.4 is 5.32 Å². The summed E-state index contributed by atoms with van der Waals surface area (Å²) in [4.78, 5) is 29.9. The Kier molecular flexibility index (Phi) is 7.79. The highest BCUT2D eigenvalue weighted by Gasteiger charge is 2.45. The summed E-state index contributed by atoms with van der Waals surface area (Å²) >= 11 is 0. The van der Waals surface area contributed by atoms with Crippen LogP contribution in [0.4, 0.5) is 0 Å². The quantitative estimate of drug-likeness (QED) is 0.561. The number of likely N-dealkylation sites (tertiary alicyclic amines) is 1. The van der Waals surface area contributed by atoms with Crippen molar-refractivity contribution in [3.8, 4) is 0 Å². The van der Waals surface area contributed by atoms with Crippen LogP contribution in [0.2, 0.25) is 0 Å². The second-order valence-electron chi connectivity index (χ2n) is 11.3. The summed E-state index contributed by atoms with van der Waals surface area (Å²) in [5, 5.41) is 3.07. The summed E-state index contributed by atoms with van der Waals surface area (Å²) in [6.45, 7) is 14.4. The lowest BCUT2D eigenvalue weighted by molar-refractivity contribution is -0.129. The van der Waals surface area contributed by atoms with E-state index < -0.39 is 0 Å². The third-order valence-corrected chi connectivity index (χ3v) is 7.36. The molecule has 0 aliphatic carbocycles. The molecule has 0 bridgehead atoms. The number of rotatable bonds is 9. The highest BCUT2D eigenvalue weighted by atomic mass is 16.5. The second kappa shape index (κ2) is 10.7. The van der Waals surface area contributed by atoms with E-state index in [1.807, 2.05) is 62.9 Å². The van der Waals surface area contributed by atoms with Crippen LogP contribution in [0.5, 0.6) is 0 Å². The van der Waals surface area contributed by atoms with Crippen molar-refractivity contribution < 1.29 is 19.1 Å². The van der Waals surface area contributed by atoms with E-state index in [0.29, 0.717) is 13.2 Å². The van der Waals surface area contributed by atoms with Gasteiger partial charge in [0.25, 0.3) is 5.91 Å². The van der Waals surface area contributed by atoms with E-state index in [1.54, 1.807) is 12.2 Å². The Labute approximate surface area is 215 Å². The minimum atomic E-state index is -0.362. The van der Waals surface area contributed by atoms with Gasteiger partial charge in [-0.15, -0.1) is 0 Å². The van der Waals surface area contributed by atoms with Gasteiger partial charge in [-0.3, -0.25) is 9.59 Å². The Morgan fingerprint density at radius 1 is 1.11 bits per heavy atom. The average molecular weight is 496 g/mol. The number of hydrogen-bond acceptors (Lipinski definition) is 5. The van der Waals surface area contributed by atoms with Gasteiger partial charge in [-0.05, 0) is 45.6 Å². The monoisotopic (exact) mass is 495 g/mol. The fourth-order valence-electron chi connectivity index (χ4n) is 5.42. The van der Waals surface area contributed by atoms with Gasteiger partial charge in [-0.2, -0.15) is 0 Å². The van der Waals surface area contributed by atoms with Crippen LogP contribution in [-0.4, -0.2) is 64.5 Å². The first kappa shape index (κ1) is 26.3. The fourth-order valence-corrected chi connectivity index (χ4v) is 5.42. The van der Waals surface area contributed by atoms with Gasteiger partial charge in [-0.1, -0.05) is 50.6 Å². The average Bonchev–Trinajstić information content (AvgIpc) is 3.53. The summed E-state index contributed by atoms with van der Waals surface area (Å²) in [5.41, 5.74) is 1.69. The smallest absolute Gasteiger partial charge is 0.250 e. The van der Waals surface area contributed by atoms with Crippen LogP contribution in [0.1, 0.15) is 59.9 Å². The van der Waals surface area contributed by atoms with Gasteiger partial charge in [0, 0.05) is 30.9 Å². The van der Waals surface area contributed by atoms with E-state index in [1.165, 1.54) is 0 Å². The molecule has 0 unspecified atom stereocenters. The molecule has 1 fully saturated rings. The van der Waals surface area contributed by atoms with Crippen molar-refractivity contribution in [1.29, 1.82) is 0 Å². The minimum Gasteiger partial charge on any atom is -0.490 e. The van der Waals surface area contributed by atoms with Crippen LogP contribution in [0.25, 0.3) is 0 Å². The largest absolute Gasteiger partial charge is 0.490 e. The topological polar surface area (TPSA) is 71.1 Å². The number of carbonyl (C=O) groups is 2. The molecule has 1 aromatic carbocycles. The molecule has 0 saturated carbocycles. The Hall–Kier alpha value is -2.80. The van der Waals surface area contributed by atoms with Crippen molar-refractivity contribution in [2.75, 3.05) is 13.1 Å². The van der Waals surface area contributed by atoms with Crippen molar-refractivity contribution in [2.24, 2.45) is 5.92 Å². The third-order valence-electron chi connectivity index (χ3n) is 7.36. The maximum absolute atomic E-state index is 13.2. The summed E-state index contributed by atoms with van der Waals surface area (Å²) < 4.78 is 12.4. The Morgan fingerprint density at radius 2 is 1.83 bits per heavy atom. The van der Waals surface area contributed by atoms with E-state index in [9.17, 15) is 9.59 Å². The van der Waals surface area contributed by atoms with Crippen molar-refractivity contribution in [1.82, 2.24) is 15.1 Å². The van der Waals surface area contributed by atoms with E-state index >= 15 is 0 Å². The van der Waals surface area contributed by atoms with Crippen LogP contribution in [0.15, 0.2) is 53.9 Å². The molecule has 196 valence electrons. The highest BCUT2D eigenvalue weighted by molar-refractivity contribution is 5.92. The lowest BCUT2D eigenvalue weighted by Crippen LogP contribution is -2.48. The zero-order valence-corrected chi connectivity index (χ0v) is 22.5. The molecule has 0 radical (unpaired) electrons. The number of nitrogens with one attached hydrogen (secondary N) is 1. The number of benzene rings is 1. The van der Waals surface area contributed by atoms with Gasteiger partial charge < -0.3 is 24.6 Å². The molecule has 7 nitrogen and oxygen atoms in total. The number of ether oxygens (including phenoxy) is 2. The van der Waals surface area contributed by atoms with E-state index in [0.717, 1.165) is 36.4 Å². The van der Waals surface area contributed by atoms with Crippen molar-refractivity contribution >= 4 is 11.8 Å².